The molecule has 2 aromatic rings. The van der Waals surface area contributed by atoms with E-state index >= 15 is 0 Å². The van der Waals surface area contributed by atoms with Gasteiger partial charge in [-0.15, -0.1) is 0 Å². The Hall–Kier alpha value is -3.79. The molecule has 7 rings (SSSR count). The van der Waals surface area contributed by atoms with Crippen molar-refractivity contribution in [2.75, 3.05) is 42.3 Å². The zero-order valence-electron chi connectivity index (χ0n) is 35.6. The Morgan fingerprint density at radius 3 is 2.40 bits per heavy atom. The smallest absolute Gasteiger partial charge is 0.305 e. The summed E-state index contributed by atoms with van der Waals surface area (Å²) in [5.41, 5.74) is -1.70. The standard InChI is InChI=1S/C24H32N4O5S.C21H32O5/c1-3-13-28(16-18-7-8-18)22-15-21(25-17-26-22)24(30)27-19-9-11-20(12-10-19)34(31,32)14-5-6-23(29)33-4-2;1-19-7-5-13(23)9-12(19)3-4-14-15-6-8-21(26,17(25)11-22)20(15,2)10-16(24)18(14)19/h9-12,15,17-18H,3-8,13-14,16H2,1-2H3,(H,27,30);12-15,18,22-23,26H,3-11H2,1-2H3/t;12-,13-,14+,15+,18-,19+,20+,21+/m.1/s1. The second kappa shape index (κ2) is 18.7. The number of aromatic nitrogens is 2. The van der Waals surface area contributed by atoms with Gasteiger partial charge in [0.25, 0.3) is 5.91 Å². The largest absolute Gasteiger partial charge is 0.466 e. The molecule has 5 saturated carbocycles. The number of esters is 1. The van der Waals surface area contributed by atoms with E-state index in [9.17, 15) is 42.9 Å². The highest BCUT2D eigenvalue weighted by molar-refractivity contribution is 7.91. The van der Waals surface area contributed by atoms with Crippen LogP contribution in [0.4, 0.5) is 11.5 Å². The van der Waals surface area contributed by atoms with Gasteiger partial charge in [0, 0.05) is 49.0 Å². The predicted molar refractivity (Wildman–Crippen MR) is 225 cm³/mol. The van der Waals surface area contributed by atoms with Crippen molar-refractivity contribution in [1.82, 2.24) is 9.97 Å². The van der Waals surface area contributed by atoms with Gasteiger partial charge < -0.3 is 30.3 Å². The van der Waals surface area contributed by atoms with E-state index in [2.05, 4.69) is 34.0 Å². The van der Waals surface area contributed by atoms with E-state index in [0.29, 0.717) is 23.9 Å². The van der Waals surface area contributed by atoms with Gasteiger partial charge in [0.05, 0.1) is 23.4 Å². The van der Waals surface area contributed by atoms with Crippen molar-refractivity contribution in [3.05, 3.63) is 42.4 Å². The van der Waals surface area contributed by atoms with Crippen molar-refractivity contribution >= 4 is 44.8 Å². The van der Waals surface area contributed by atoms with Gasteiger partial charge in [-0.1, -0.05) is 20.8 Å². The third-order valence-corrected chi connectivity index (χ3v) is 16.3. The van der Waals surface area contributed by atoms with Crippen molar-refractivity contribution in [2.45, 2.75) is 128 Å². The fraction of sp³-hybridized carbons (Fsp3) is 0.689. The quantitative estimate of drug-likeness (QED) is 0.167. The highest BCUT2D eigenvalue weighted by Crippen LogP contribution is 2.67. The van der Waals surface area contributed by atoms with Gasteiger partial charge in [-0.3, -0.25) is 19.2 Å². The summed E-state index contributed by atoms with van der Waals surface area (Å²) in [5.74, 6) is 0.851. The fourth-order valence-electron chi connectivity index (χ4n) is 11.2. The fourth-order valence-corrected chi connectivity index (χ4v) is 12.5. The number of ether oxygens (including phenoxy) is 1. The molecule has 1 aromatic heterocycles. The SMILES string of the molecule is CCCN(CC1CC1)c1cc(C(=O)Nc2ccc(S(=O)(=O)CCCC(=O)OCC)cc2)ncn1.C[C@]12CC[C@@H](O)C[C@H]1CC[C@@H]1[C@@H]2C(=O)C[C@@]2(C)[C@H]1CC[C@]2(O)C(=O)CO. The molecular formula is C45H64N4O10S. The Labute approximate surface area is 354 Å². The summed E-state index contributed by atoms with van der Waals surface area (Å²) in [6.07, 6.45) is 10.6. The summed E-state index contributed by atoms with van der Waals surface area (Å²) in [6, 6.07) is 7.65. The number of anilines is 2. The number of benzene rings is 1. The molecule has 0 saturated heterocycles. The zero-order chi connectivity index (χ0) is 43.5. The number of amides is 1. The van der Waals surface area contributed by atoms with Crippen molar-refractivity contribution in [3.8, 4) is 0 Å². The van der Waals surface area contributed by atoms with Crippen LogP contribution in [0.3, 0.4) is 0 Å². The third-order valence-electron chi connectivity index (χ3n) is 14.5. The van der Waals surface area contributed by atoms with Crippen molar-refractivity contribution < 1.29 is 47.7 Å². The third kappa shape index (κ3) is 9.48. The monoisotopic (exact) mass is 852 g/mol. The lowest BCUT2D eigenvalue weighted by Crippen LogP contribution is -2.62. The number of hydrogen-bond donors (Lipinski definition) is 4. The average Bonchev–Trinajstić information content (AvgIpc) is 4.00. The average molecular weight is 853 g/mol. The molecule has 15 heteroatoms. The molecule has 4 N–H and O–H groups in total. The molecule has 0 radical (unpaired) electrons. The lowest BCUT2D eigenvalue weighted by molar-refractivity contribution is -0.180. The topological polar surface area (TPSA) is 213 Å². The summed E-state index contributed by atoms with van der Waals surface area (Å²) in [5, 5.41) is 33.4. The number of hydrogen-bond acceptors (Lipinski definition) is 13. The molecule has 1 aromatic carbocycles. The maximum absolute atomic E-state index is 13.4. The van der Waals surface area contributed by atoms with Crippen molar-refractivity contribution in [1.29, 1.82) is 0 Å². The number of carbonyl (C=O) groups excluding carboxylic acids is 4. The Kier molecular flexibility index (Phi) is 14.2. The lowest BCUT2D eigenvalue weighted by Gasteiger charge is -2.60. The number of sulfone groups is 1. The van der Waals surface area contributed by atoms with Crippen LogP contribution in [-0.2, 0) is 29.0 Å². The summed E-state index contributed by atoms with van der Waals surface area (Å²) < 4.78 is 29.8. The van der Waals surface area contributed by atoms with Gasteiger partial charge in [-0.25, -0.2) is 18.4 Å². The first-order valence-corrected chi connectivity index (χ1v) is 23.6. The first kappa shape index (κ1) is 45.7. The van der Waals surface area contributed by atoms with Crippen LogP contribution >= 0.6 is 0 Å². The van der Waals surface area contributed by atoms with Crippen molar-refractivity contribution in [2.24, 2.45) is 40.4 Å². The molecule has 1 heterocycles. The Morgan fingerprint density at radius 1 is 1.00 bits per heavy atom. The highest BCUT2D eigenvalue weighted by Gasteiger charge is 2.68. The summed E-state index contributed by atoms with van der Waals surface area (Å²) in [7, 11) is -3.54. The minimum absolute atomic E-state index is 0.0154. The second-order valence-corrected chi connectivity index (χ2v) is 20.5. The second-order valence-electron chi connectivity index (χ2n) is 18.4. The number of nitrogens with zero attached hydrogens (tertiary/aromatic N) is 3. The number of aliphatic hydroxyl groups is 3. The van der Waals surface area contributed by atoms with E-state index in [1.807, 2.05) is 6.92 Å². The number of rotatable bonds is 15. The van der Waals surface area contributed by atoms with E-state index in [1.165, 1.54) is 43.4 Å². The van der Waals surface area contributed by atoms with E-state index in [0.717, 1.165) is 63.9 Å². The lowest BCUT2D eigenvalue weighted by atomic mass is 9.44. The number of fused-ring (bicyclic) bond motifs is 5. The van der Waals surface area contributed by atoms with Gasteiger partial charge in [0.2, 0.25) is 0 Å². The van der Waals surface area contributed by atoms with Crippen LogP contribution in [0, 0.1) is 40.4 Å². The summed E-state index contributed by atoms with van der Waals surface area (Å²) in [4.78, 5) is 60.6. The van der Waals surface area contributed by atoms with Crippen LogP contribution in [0.5, 0.6) is 0 Å². The first-order chi connectivity index (χ1) is 28.5. The Balaban J connectivity index is 0.000000208. The zero-order valence-corrected chi connectivity index (χ0v) is 36.4. The maximum atomic E-state index is 13.4. The minimum Gasteiger partial charge on any atom is -0.466 e. The van der Waals surface area contributed by atoms with Crippen LogP contribution in [0.2, 0.25) is 0 Å². The van der Waals surface area contributed by atoms with Crippen LogP contribution in [0.1, 0.15) is 122 Å². The maximum Gasteiger partial charge on any atom is 0.305 e. The number of nitrogens with one attached hydrogen (secondary N) is 1. The molecule has 5 fully saturated rings. The van der Waals surface area contributed by atoms with E-state index < -0.39 is 45.1 Å². The molecular weight excluding hydrogens is 789 g/mol. The Morgan fingerprint density at radius 2 is 1.73 bits per heavy atom. The summed E-state index contributed by atoms with van der Waals surface area (Å²) >= 11 is 0. The van der Waals surface area contributed by atoms with Crippen molar-refractivity contribution in [3.63, 3.8) is 0 Å². The molecule has 14 nitrogen and oxygen atoms in total. The number of Topliss-reactive ketones (excluding diaryl/α,β-unsaturated/α-hetero) is 2. The number of aliphatic hydroxyl groups excluding tert-OH is 2. The molecule has 60 heavy (non-hydrogen) atoms. The first-order valence-electron chi connectivity index (χ1n) is 21.9. The van der Waals surface area contributed by atoms with Gasteiger partial charge in [0.15, 0.2) is 15.6 Å². The molecule has 8 atom stereocenters. The van der Waals surface area contributed by atoms with Crippen LogP contribution < -0.4 is 10.2 Å². The molecule has 1 amide bonds. The van der Waals surface area contributed by atoms with Gasteiger partial charge in [-0.05, 0) is 131 Å². The number of ketones is 2. The highest BCUT2D eigenvalue weighted by atomic mass is 32.2. The molecule has 5 aliphatic rings. The van der Waals surface area contributed by atoms with Crippen LogP contribution in [-0.4, -0.2) is 101 Å². The van der Waals surface area contributed by atoms with Gasteiger partial charge in [-0.2, -0.15) is 0 Å². The molecule has 0 bridgehead atoms. The van der Waals surface area contributed by atoms with E-state index in [4.69, 9.17) is 4.74 Å². The molecule has 0 aliphatic heterocycles. The molecule has 5 aliphatic carbocycles. The van der Waals surface area contributed by atoms with Gasteiger partial charge >= 0.3 is 5.97 Å². The van der Waals surface area contributed by atoms with Gasteiger partial charge in [0.1, 0.15) is 35.8 Å². The van der Waals surface area contributed by atoms with Crippen LogP contribution in [0.15, 0.2) is 41.6 Å². The van der Waals surface area contributed by atoms with Crippen LogP contribution in [0.25, 0.3) is 0 Å². The normalized spacial score (nSPS) is 30.8. The minimum atomic E-state index is -3.54. The summed E-state index contributed by atoms with van der Waals surface area (Å²) in [6.45, 7) is 9.34. The number of carbonyl (C=O) groups is 4. The predicted octanol–water partition coefficient (Wildman–Crippen LogP) is 5.33. The molecule has 0 spiro atoms. The molecule has 0 unspecified atom stereocenters. The van der Waals surface area contributed by atoms with E-state index in [-0.39, 0.29) is 77.3 Å². The Bertz CT molecular complexity index is 1990. The molecule has 330 valence electrons. The van der Waals surface area contributed by atoms with E-state index in [1.54, 1.807) is 13.0 Å².